The maximum Gasteiger partial charge on any atom is 0.295 e. The molecule has 1 unspecified atom stereocenters. The maximum absolute atomic E-state index is 13.2. The fourth-order valence-corrected chi connectivity index (χ4v) is 4.48. The fraction of sp³-hybridized carbons (Fsp3) is 0.286. The molecule has 3 aromatic rings. The number of halogens is 1. The molecule has 1 amide bonds. The molecule has 1 aliphatic heterocycles. The number of rotatable bonds is 6. The summed E-state index contributed by atoms with van der Waals surface area (Å²) < 4.78 is 11.1. The van der Waals surface area contributed by atoms with Gasteiger partial charge in [-0.05, 0) is 59.9 Å². The Bertz CT molecular complexity index is 1270. The Morgan fingerprint density at radius 1 is 1.11 bits per heavy atom. The van der Waals surface area contributed by atoms with Crippen LogP contribution in [-0.2, 0) is 21.4 Å². The van der Waals surface area contributed by atoms with Crippen LogP contribution < -0.4 is 4.74 Å². The van der Waals surface area contributed by atoms with Crippen molar-refractivity contribution in [2.24, 2.45) is 0 Å². The second-order valence-electron chi connectivity index (χ2n) is 9.55. The van der Waals surface area contributed by atoms with Gasteiger partial charge in [0.1, 0.15) is 23.3 Å². The third kappa shape index (κ3) is 4.84. The lowest BCUT2D eigenvalue weighted by molar-refractivity contribution is -0.140. The van der Waals surface area contributed by atoms with Gasteiger partial charge in [0.15, 0.2) is 0 Å². The molecule has 0 spiro atoms. The molecular weight excluding hydrogens is 466 g/mol. The van der Waals surface area contributed by atoms with Gasteiger partial charge < -0.3 is 19.2 Å². The predicted octanol–water partition coefficient (Wildman–Crippen LogP) is 5.90. The SMILES string of the molecule is COc1ccc(/C(O)=C2/C(=O)C(=O)N(CCc3ccc(Cl)cc3)C2c2ccco2)cc1C(C)(C)C. The number of amides is 1. The molecule has 35 heavy (non-hydrogen) atoms. The van der Waals surface area contributed by atoms with Crippen molar-refractivity contribution in [1.82, 2.24) is 4.90 Å². The van der Waals surface area contributed by atoms with Gasteiger partial charge in [-0.25, -0.2) is 0 Å². The first-order valence-corrected chi connectivity index (χ1v) is 11.7. The molecule has 1 fully saturated rings. The molecule has 1 aromatic heterocycles. The van der Waals surface area contributed by atoms with Crippen LogP contribution in [0.2, 0.25) is 5.02 Å². The smallest absolute Gasteiger partial charge is 0.295 e. The van der Waals surface area contributed by atoms with Crippen molar-refractivity contribution in [3.63, 3.8) is 0 Å². The third-order valence-electron chi connectivity index (χ3n) is 6.19. The number of nitrogens with zero attached hydrogens (tertiary/aromatic N) is 1. The first-order valence-electron chi connectivity index (χ1n) is 11.4. The number of ether oxygens (including phenoxy) is 1. The number of aliphatic hydroxyl groups excluding tert-OH is 1. The average Bonchev–Trinajstić information content (AvgIpc) is 3.44. The van der Waals surface area contributed by atoms with Crippen molar-refractivity contribution in [3.05, 3.63) is 93.9 Å². The van der Waals surface area contributed by atoms with E-state index in [2.05, 4.69) is 0 Å². The summed E-state index contributed by atoms with van der Waals surface area (Å²) >= 11 is 5.98. The van der Waals surface area contributed by atoms with Gasteiger partial charge in [0, 0.05) is 22.7 Å². The highest BCUT2D eigenvalue weighted by Crippen LogP contribution is 2.41. The number of ketones is 1. The number of benzene rings is 2. The van der Waals surface area contributed by atoms with Crippen LogP contribution in [0, 0.1) is 0 Å². The molecule has 7 heteroatoms. The van der Waals surface area contributed by atoms with Gasteiger partial charge >= 0.3 is 0 Å². The van der Waals surface area contributed by atoms with Crippen molar-refractivity contribution in [2.45, 2.75) is 38.6 Å². The number of furan rings is 1. The zero-order chi connectivity index (χ0) is 25.3. The summed E-state index contributed by atoms with van der Waals surface area (Å²) in [6, 6.07) is 15.1. The normalized spacial score (nSPS) is 17.7. The van der Waals surface area contributed by atoms with Crippen LogP contribution in [0.25, 0.3) is 5.76 Å². The van der Waals surface area contributed by atoms with E-state index >= 15 is 0 Å². The number of carbonyl (C=O) groups excluding carboxylic acids is 2. The van der Waals surface area contributed by atoms with E-state index in [1.54, 1.807) is 49.6 Å². The van der Waals surface area contributed by atoms with Crippen molar-refractivity contribution in [2.75, 3.05) is 13.7 Å². The molecule has 1 N–H and O–H groups in total. The molecule has 6 nitrogen and oxygen atoms in total. The molecule has 2 aromatic carbocycles. The van der Waals surface area contributed by atoms with Gasteiger partial charge in [0.05, 0.1) is 18.9 Å². The van der Waals surface area contributed by atoms with E-state index in [9.17, 15) is 14.7 Å². The monoisotopic (exact) mass is 493 g/mol. The number of methoxy groups -OCH3 is 1. The number of Topliss-reactive ketones (excluding diaryl/α,β-unsaturated/α-hetero) is 1. The second kappa shape index (κ2) is 9.62. The molecule has 0 radical (unpaired) electrons. The predicted molar refractivity (Wildman–Crippen MR) is 135 cm³/mol. The Hall–Kier alpha value is -3.51. The minimum Gasteiger partial charge on any atom is -0.507 e. The van der Waals surface area contributed by atoms with Gasteiger partial charge in [0.2, 0.25) is 0 Å². The summed E-state index contributed by atoms with van der Waals surface area (Å²) in [5.41, 5.74) is 2.01. The first kappa shape index (κ1) is 24.6. The van der Waals surface area contributed by atoms with Gasteiger partial charge in [-0.15, -0.1) is 0 Å². The number of hydrogen-bond donors (Lipinski definition) is 1. The lowest BCUT2D eigenvalue weighted by Crippen LogP contribution is -2.31. The zero-order valence-electron chi connectivity index (χ0n) is 20.2. The maximum atomic E-state index is 13.2. The molecule has 0 saturated carbocycles. The topological polar surface area (TPSA) is 80.0 Å². The first-order chi connectivity index (χ1) is 16.6. The highest BCUT2D eigenvalue weighted by Gasteiger charge is 2.47. The summed E-state index contributed by atoms with van der Waals surface area (Å²) in [6.07, 6.45) is 2.00. The largest absolute Gasteiger partial charge is 0.507 e. The standard InChI is InChI=1S/C28H28ClNO5/c1-28(2,3)20-16-18(9-12-21(20)34-4)25(31)23-24(22-6-5-15-35-22)30(27(33)26(23)32)14-13-17-7-10-19(29)11-8-17/h5-12,15-16,24,31H,13-14H2,1-4H3/b25-23-. The molecule has 1 atom stereocenters. The lowest BCUT2D eigenvalue weighted by atomic mass is 9.84. The van der Waals surface area contributed by atoms with Crippen molar-refractivity contribution in [1.29, 1.82) is 0 Å². The van der Waals surface area contributed by atoms with E-state index in [1.165, 1.54) is 11.2 Å². The Labute approximate surface area is 209 Å². The number of likely N-dealkylation sites (tertiary alicyclic amines) is 1. The highest BCUT2D eigenvalue weighted by molar-refractivity contribution is 6.46. The quantitative estimate of drug-likeness (QED) is 0.262. The van der Waals surface area contributed by atoms with Gasteiger partial charge in [-0.2, -0.15) is 0 Å². The van der Waals surface area contributed by atoms with Crippen molar-refractivity contribution in [3.8, 4) is 5.75 Å². The number of aliphatic hydroxyl groups is 1. The molecular formula is C28H28ClNO5. The fourth-order valence-electron chi connectivity index (χ4n) is 4.35. The van der Waals surface area contributed by atoms with Gasteiger partial charge in [0.25, 0.3) is 11.7 Å². The third-order valence-corrected chi connectivity index (χ3v) is 6.44. The molecule has 1 aliphatic rings. The molecule has 0 bridgehead atoms. The van der Waals surface area contributed by atoms with Gasteiger partial charge in [-0.1, -0.05) is 44.5 Å². The van der Waals surface area contributed by atoms with E-state index in [0.717, 1.165) is 11.1 Å². The second-order valence-corrected chi connectivity index (χ2v) is 9.99. The Morgan fingerprint density at radius 3 is 2.43 bits per heavy atom. The summed E-state index contributed by atoms with van der Waals surface area (Å²) in [5.74, 6) is -0.571. The van der Waals surface area contributed by atoms with E-state index < -0.39 is 17.7 Å². The summed E-state index contributed by atoms with van der Waals surface area (Å²) in [6.45, 7) is 6.37. The van der Waals surface area contributed by atoms with Crippen LogP contribution in [0.1, 0.15) is 49.3 Å². The summed E-state index contributed by atoms with van der Waals surface area (Å²) in [4.78, 5) is 27.8. The van der Waals surface area contributed by atoms with E-state index in [-0.39, 0.29) is 23.3 Å². The van der Waals surface area contributed by atoms with Crippen LogP contribution in [0.15, 0.2) is 70.9 Å². The molecule has 2 heterocycles. The molecule has 4 rings (SSSR count). The van der Waals surface area contributed by atoms with Crippen molar-refractivity contribution >= 4 is 29.1 Å². The van der Waals surface area contributed by atoms with E-state index in [0.29, 0.717) is 28.5 Å². The highest BCUT2D eigenvalue weighted by atomic mass is 35.5. The number of carbonyl (C=O) groups is 2. The van der Waals surface area contributed by atoms with Crippen LogP contribution >= 0.6 is 11.6 Å². The van der Waals surface area contributed by atoms with Crippen LogP contribution in [-0.4, -0.2) is 35.4 Å². The Balaban J connectivity index is 1.77. The number of hydrogen-bond acceptors (Lipinski definition) is 5. The van der Waals surface area contributed by atoms with E-state index in [1.807, 2.05) is 32.9 Å². The minimum absolute atomic E-state index is 0.00563. The zero-order valence-corrected chi connectivity index (χ0v) is 20.9. The summed E-state index contributed by atoms with van der Waals surface area (Å²) in [5, 5.41) is 12.0. The molecule has 1 saturated heterocycles. The minimum atomic E-state index is -0.836. The van der Waals surface area contributed by atoms with Gasteiger partial charge in [-0.3, -0.25) is 9.59 Å². The average molecular weight is 494 g/mol. The molecule has 182 valence electrons. The van der Waals surface area contributed by atoms with E-state index in [4.69, 9.17) is 20.8 Å². The van der Waals surface area contributed by atoms with Crippen LogP contribution in [0.4, 0.5) is 0 Å². The summed E-state index contributed by atoms with van der Waals surface area (Å²) in [7, 11) is 1.59. The van der Waals surface area contributed by atoms with Crippen LogP contribution in [0.5, 0.6) is 5.75 Å². The van der Waals surface area contributed by atoms with Crippen molar-refractivity contribution < 1.29 is 23.8 Å². The van der Waals surface area contributed by atoms with Crippen LogP contribution in [0.3, 0.4) is 0 Å². The molecule has 0 aliphatic carbocycles. The Kier molecular flexibility index (Phi) is 6.77. The lowest BCUT2D eigenvalue weighted by Gasteiger charge is -2.24. The Morgan fingerprint density at radius 2 is 1.83 bits per heavy atom.